The van der Waals surface area contributed by atoms with E-state index in [4.69, 9.17) is 10.2 Å². The molecular weight excluding hydrogens is 236 g/mol. The topological polar surface area (TPSA) is 77.8 Å². The van der Waals surface area contributed by atoms with Crippen molar-refractivity contribution < 1.29 is 4.42 Å². The Balaban J connectivity index is 1.96. The molecule has 3 rings (SSSR count). The van der Waals surface area contributed by atoms with E-state index in [0.29, 0.717) is 16.5 Å². The van der Waals surface area contributed by atoms with Gasteiger partial charge < -0.3 is 10.2 Å². The van der Waals surface area contributed by atoms with Crippen molar-refractivity contribution >= 4 is 28.5 Å². The lowest BCUT2D eigenvalue weighted by molar-refractivity contribution is 0.489. The van der Waals surface area contributed by atoms with Gasteiger partial charge in [0.25, 0.3) is 5.22 Å². The van der Waals surface area contributed by atoms with Gasteiger partial charge in [-0.3, -0.25) is 0 Å². The molecule has 2 aromatic heterocycles. The minimum absolute atomic E-state index is 0.533. The molecule has 0 aliphatic carbocycles. The van der Waals surface area contributed by atoms with Crippen LogP contribution in [0, 0.1) is 0 Å². The third kappa shape index (κ3) is 2.07. The second kappa shape index (κ2) is 4.06. The highest BCUT2D eigenvalue weighted by atomic mass is 32.2. The van der Waals surface area contributed by atoms with Gasteiger partial charge in [-0.2, -0.15) is 5.10 Å². The molecule has 2 N–H and O–H groups in total. The van der Waals surface area contributed by atoms with Gasteiger partial charge in [-0.05, 0) is 36.0 Å². The third-order valence-corrected chi connectivity index (χ3v) is 2.91. The first-order valence-electron chi connectivity index (χ1n) is 4.93. The number of nitrogens with two attached hydrogens (primary N) is 1. The summed E-state index contributed by atoms with van der Waals surface area (Å²) in [5.41, 5.74) is 7.79. The predicted octanol–water partition coefficient (Wildman–Crippen LogP) is 2.35. The molecule has 0 aliphatic heterocycles. The number of hydrogen-bond donors (Lipinski definition) is 1. The fourth-order valence-corrected chi connectivity index (χ4v) is 2.08. The third-order valence-electron chi connectivity index (χ3n) is 2.13. The Labute approximate surface area is 101 Å². The number of nitrogens with zero attached hydrogens (tertiary/aromatic N) is 3. The van der Waals surface area contributed by atoms with Crippen LogP contribution in [0.15, 0.2) is 51.2 Å². The van der Waals surface area contributed by atoms with Crippen LogP contribution < -0.4 is 5.73 Å². The predicted molar refractivity (Wildman–Crippen MR) is 64.6 cm³/mol. The Kier molecular flexibility index (Phi) is 2.41. The van der Waals surface area contributed by atoms with Crippen molar-refractivity contribution in [2.75, 3.05) is 5.73 Å². The molecular formula is C11H8N4OS. The Bertz CT molecular complexity index is 653. The van der Waals surface area contributed by atoms with Crippen molar-refractivity contribution in [3.05, 3.63) is 36.5 Å². The summed E-state index contributed by atoms with van der Waals surface area (Å²) in [6, 6.07) is 9.04. The number of nitrogen functional groups attached to an aromatic ring is 1. The lowest BCUT2D eigenvalue weighted by atomic mass is 10.3. The van der Waals surface area contributed by atoms with Gasteiger partial charge in [0.1, 0.15) is 10.5 Å². The fraction of sp³-hybridized carbons (Fsp3) is 0. The van der Waals surface area contributed by atoms with E-state index in [0.717, 1.165) is 10.5 Å². The molecule has 2 heterocycles. The van der Waals surface area contributed by atoms with Crippen molar-refractivity contribution in [2.45, 2.75) is 10.2 Å². The maximum absolute atomic E-state index is 5.67. The zero-order valence-electron chi connectivity index (χ0n) is 8.70. The zero-order valence-corrected chi connectivity index (χ0v) is 9.52. The summed E-state index contributed by atoms with van der Waals surface area (Å²) >= 11 is 1.33. The van der Waals surface area contributed by atoms with Crippen LogP contribution in [0.5, 0.6) is 0 Å². The number of rotatable bonds is 2. The van der Waals surface area contributed by atoms with Crippen molar-refractivity contribution in [3.8, 4) is 0 Å². The van der Waals surface area contributed by atoms with Crippen molar-refractivity contribution in [3.63, 3.8) is 0 Å². The molecule has 84 valence electrons. The molecule has 0 bridgehead atoms. The standard InChI is InChI=1S/C11H8N4OS/c12-7-3-4-8-9(6-7)16-11(14-8)17-10-2-1-5-13-15-10/h1-6H,12H2. The minimum atomic E-state index is 0.533. The molecule has 0 fully saturated rings. The molecule has 0 amide bonds. The van der Waals surface area contributed by atoms with Gasteiger partial charge in [0.2, 0.25) is 0 Å². The summed E-state index contributed by atoms with van der Waals surface area (Å²) in [7, 11) is 0. The number of fused-ring (bicyclic) bond motifs is 1. The van der Waals surface area contributed by atoms with Gasteiger partial charge in [-0.15, -0.1) is 5.10 Å². The van der Waals surface area contributed by atoms with Crippen LogP contribution >= 0.6 is 11.8 Å². The highest BCUT2D eigenvalue weighted by Gasteiger charge is 2.08. The second-order valence-electron chi connectivity index (χ2n) is 3.37. The Morgan fingerprint density at radius 2 is 2.18 bits per heavy atom. The van der Waals surface area contributed by atoms with E-state index in [1.807, 2.05) is 18.2 Å². The van der Waals surface area contributed by atoms with Crippen molar-refractivity contribution in [1.82, 2.24) is 15.2 Å². The van der Waals surface area contributed by atoms with Gasteiger partial charge >= 0.3 is 0 Å². The van der Waals surface area contributed by atoms with Crippen LogP contribution in [-0.2, 0) is 0 Å². The molecule has 3 aromatic rings. The van der Waals surface area contributed by atoms with Crippen molar-refractivity contribution in [1.29, 1.82) is 0 Å². The molecule has 0 spiro atoms. The number of oxazole rings is 1. The van der Waals surface area contributed by atoms with E-state index in [-0.39, 0.29) is 0 Å². The van der Waals surface area contributed by atoms with Gasteiger partial charge in [-0.1, -0.05) is 0 Å². The largest absolute Gasteiger partial charge is 0.431 e. The number of benzene rings is 1. The summed E-state index contributed by atoms with van der Waals surface area (Å²) in [5, 5.41) is 9.01. The molecule has 0 saturated heterocycles. The molecule has 0 aliphatic rings. The fourth-order valence-electron chi connectivity index (χ4n) is 1.40. The summed E-state index contributed by atoms with van der Waals surface area (Å²) in [4.78, 5) is 4.32. The first-order valence-corrected chi connectivity index (χ1v) is 5.74. The first-order chi connectivity index (χ1) is 8.31. The summed E-state index contributed by atoms with van der Waals surface area (Å²) in [6.07, 6.45) is 1.62. The average Bonchev–Trinajstić information content (AvgIpc) is 2.71. The van der Waals surface area contributed by atoms with Gasteiger partial charge in [0.15, 0.2) is 5.58 Å². The molecule has 0 atom stereocenters. The van der Waals surface area contributed by atoms with Gasteiger partial charge in [0, 0.05) is 18.0 Å². The number of hydrogen-bond acceptors (Lipinski definition) is 6. The molecule has 5 nitrogen and oxygen atoms in total. The lowest BCUT2D eigenvalue weighted by Gasteiger charge is -1.91. The number of aromatic nitrogens is 3. The Morgan fingerprint density at radius 1 is 1.24 bits per heavy atom. The summed E-state index contributed by atoms with van der Waals surface area (Å²) < 4.78 is 5.56. The molecule has 17 heavy (non-hydrogen) atoms. The lowest BCUT2D eigenvalue weighted by Crippen LogP contribution is -1.82. The van der Waals surface area contributed by atoms with Crippen LogP contribution in [0.4, 0.5) is 5.69 Å². The maximum Gasteiger partial charge on any atom is 0.263 e. The monoisotopic (exact) mass is 244 g/mol. The van der Waals surface area contributed by atoms with E-state index in [1.165, 1.54) is 11.8 Å². The van der Waals surface area contributed by atoms with E-state index in [2.05, 4.69) is 15.2 Å². The maximum atomic E-state index is 5.67. The smallest absolute Gasteiger partial charge is 0.263 e. The van der Waals surface area contributed by atoms with Gasteiger partial charge in [0.05, 0.1) is 0 Å². The van der Waals surface area contributed by atoms with Crippen LogP contribution in [-0.4, -0.2) is 15.2 Å². The quantitative estimate of drug-likeness (QED) is 0.697. The summed E-state index contributed by atoms with van der Waals surface area (Å²) in [6.45, 7) is 0. The van der Waals surface area contributed by atoms with E-state index < -0.39 is 0 Å². The molecule has 0 unspecified atom stereocenters. The molecule has 0 radical (unpaired) electrons. The van der Waals surface area contributed by atoms with E-state index >= 15 is 0 Å². The van der Waals surface area contributed by atoms with Crippen LogP contribution in [0.3, 0.4) is 0 Å². The number of anilines is 1. The summed E-state index contributed by atoms with van der Waals surface area (Å²) in [5.74, 6) is 0. The molecule has 0 saturated carbocycles. The minimum Gasteiger partial charge on any atom is -0.431 e. The SMILES string of the molecule is Nc1ccc2nc(Sc3cccnn3)oc2c1. The van der Waals surface area contributed by atoms with Crippen LogP contribution in [0.2, 0.25) is 0 Å². The molecule has 1 aromatic carbocycles. The van der Waals surface area contributed by atoms with Crippen molar-refractivity contribution in [2.24, 2.45) is 0 Å². The highest BCUT2D eigenvalue weighted by molar-refractivity contribution is 7.99. The second-order valence-corrected chi connectivity index (χ2v) is 4.34. The average molecular weight is 244 g/mol. The van der Waals surface area contributed by atoms with Crippen LogP contribution in [0.1, 0.15) is 0 Å². The zero-order chi connectivity index (χ0) is 11.7. The van der Waals surface area contributed by atoms with Gasteiger partial charge in [-0.25, -0.2) is 4.98 Å². The normalized spacial score (nSPS) is 10.8. The Hall–Kier alpha value is -2.08. The van der Waals surface area contributed by atoms with E-state index in [1.54, 1.807) is 18.3 Å². The van der Waals surface area contributed by atoms with Crippen LogP contribution in [0.25, 0.3) is 11.1 Å². The highest BCUT2D eigenvalue weighted by Crippen LogP contribution is 2.28. The Morgan fingerprint density at radius 3 is 3.00 bits per heavy atom. The first kappa shape index (κ1) is 10.1. The van der Waals surface area contributed by atoms with E-state index in [9.17, 15) is 0 Å². The molecule has 6 heteroatoms.